The molecule has 0 bridgehead atoms. The van der Waals surface area contributed by atoms with E-state index in [4.69, 9.17) is 0 Å². The Morgan fingerprint density at radius 2 is 0.520 bits per heavy atom. The van der Waals surface area contributed by atoms with Crippen molar-refractivity contribution in [2.45, 2.75) is 5.41 Å². The molecule has 2 nitrogen and oxygen atoms in total. The van der Waals surface area contributed by atoms with E-state index in [1.165, 1.54) is 109 Å². The van der Waals surface area contributed by atoms with Crippen molar-refractivity contribution in [3.8, 4) is 22.3 Å². The second kappa shape index (κ2) is 16.1. The summed E-state index contributed by atoms with van der Waals surface area (Å²) in [6, 6.07) is 104. The molecule has 0 saturated heterocycles. The van der Waals surface area contributed by atoms with E-state index in [0.717, 1.165) is 34.1 Å². The molecule has 75 heavy (non-hydrogen) atoms. The maximum absolute atomic E-state index is 2.41. The summed E-state index contributed by atoms with van der Waals surface area (Å²) in [6.07, 6.45) is 0. The lowest BCUT2D eigenvalue weighted by Gasteiger charge is -2.33. The van der Waals surface area contributed by atoms with Crippen LogP contribution in [-0.2, 0) is 5.41 Å². The van der Waals surface area contributed by atoms with Gasteiger partial charge in [0.1, 0.15) is 0 Å². The average molecular weight is 951 g/mol. The summed E-state index contributed by atoms with van der Waals surface area (Å²) < 4.78 is 0. The van der Waals surface area contributed by atoms with Gasteiger partial charge in [-0.2, -0.15) is 0 Å². The van der Waals surface area contributed by atoms with Crippen LogP contribution in [0.15, 0.2) is 279 Å². The lowest BCUT2D eigenvalue weighted by Crippen LogP contribution is -2.26. The van der Waals surface area contributed by atoms with Gasteiger partial charge in [-0.3, -0.25) is 0 Å². The molecule has 0 N–H and O–H groups in total. The zero-order chi connectivity index (χ0) is 49.2. The van der Waals surface area contributed by atoms with Crippen molar-refractivity contribution in [2.75, 3.05) is 9.80 Å². The summed E-state index contributed by atoms with van der Waals surface area (Å²) in [5.41, 5.74) is 16.7. The highest BCUT2D eigenvalue weighted by Gasteiger charge is 2.53. The summed E-state index contributed by atoms with van der Waals surface area (Å²) >= 11 is 0. The number of hydrogen-bond acceptors (Lipinski definition) is 2. The van der Waals surface area contributed by atoms with E-state index in [2.05, 4.69) is 289 Å². The van der Waals surface area contributed by atoms with Gasteiger partial charge in [-0.1, -0.05) is 206 Å². The molecule has 0 atom stereocenters. The minimum absolute atomic E-state index is 0.569. The summed E-state index contributed by atoms with van der Waals surface area (Å²) in [5.74, 6) is 0. The molecule has 0 heterocycles. The zero-order valence-electron chi connectivity index (χ0n) is 41.0. The van der Waals surface area contributed by atoms with Gasteiger partial charge in [0.25, 0.3) is 0 Å². The first-order chi connectivity index (χ1) is 37.2. The number of anilines is 6. The van der Waals surface area contributed by atoms with Crippen LogP contribution in [-0.4, -0.2) is 0 Å². The molecule has 16 rings (SSSR count). The average Bonchev–Trinajstić information content (AvgIpc) is 4.19. The van der Waals surface area contributed by atoms with E-state index in [1.807, 2.05) is 0 Å². The first kappa shape index (κ1) is 41.8. The Kier molecular flexibility index (Phi) is 8.99. The van der Waals surface area contributed by atoms with Crippen LogP contribution in [0.25, 0.3) is 86.9 Å². The third-order valence-corrected chi connectivity index (χ3v) is 16.5. The Morgan fingerprint density at radius 1 is 0.200 bits per heavy atom. The lowest BCUT2D eigenvalue weighted by atomic mass is 9.68. The van der Waals surface area contributed by atoms with Crippen molar-refractivity contribution in [1.82, 2.24) is 0 Å². The van der Waals surface area contributed by atoms with Crippen LogP contribution in [0.5, 0.6) is 0 Å². The minimum atomic E-state index is -0.569. The van der Waals surface area contributed by atoms with Gasteiger partial charge in [0.05, 0.1) is 5.41 Å². The predicted octanol–water partition coefficient (Wildman–Crippen LogP) is 19.9. The Morgan fingerprint density at radius 3 is 0.960 bits per heavy atom. The third-order valence-electron chi connectivity index (χ3n) is 16.5. The smallest absolute Gasteiger partial charge is 0.0737 e. The maximum Gasteiger partial charge on any atom is 0.0737 e. The van der Waals surface area contributed by atoms with E-state index in [1.54, 1.807) is 0 Å². The monoisotopic (exact) mass is 950 g/mol. The molecule has 2 aliphatic carbocycles. The van der Waals surface area contributed by atoms with Crippen LogP contribution >= 0.6 is 0 Å². The first-order valence-electron chi connectivity index (χ1n) is 26.1. The summed E-state index contributed by atoms with van der Waals surface area (Å²) in [4.78, 5) is 4.82. The summed E-state index contributed by atoms with van der Waals surface area (Å²) in [7, 11) is 0. The van der Waals surface area contributed by atoms with Crippen molar-refractivity contribution < 1.29 is 0 Å². The van der Waals surface area contributed by atoms with Crippen LogP contribution in [0.1, 0.15) is 22.3 Å². The van der Waals surface area contributed by atoms with Gasteiger partial charge in [0.2, 0.25) is 0 Å². The van der Waals surface area contributed by atoms with Gasteiger partial charge < -0.3 is 9.80 Å². The lowest BCUT2D eigenvalue weighted by molar-refractivity contribution is 0.809. The van der Waals surface area contributed by atoms with Gasteiger partial charge in [0, 0.05) is 34.1 Å². The fraction of sp³-hybridized carbons (Fsp3) is 0.0137. The van der Waals surface area contributed by atoms with Crippen LogP contribution in [0.4, 0.5) is 34.1 Å². The van der Waals surface area contributed by atoms with Gasteiger partial charge in [-0.15, -0.1) is 0 Å². The highest BCUT2D eigenvalue weighted by molar-refractivity contribution is 6.12. The molecule has 2 aliphatic rings. The Hall–Kier alpha value is -9.76. The van der Waals surface area contributed by atoms with Crippen molar-refractivity contribution in [3.05, 3.63) is 301 Å². The van der Waals surface area contributed by atoms with E-state index < -0.39 is 5.41 Å². The van der Waals surface area contributed by atoms with Crippen LogP contribution < -0.4 is 9.80 Å². The normalized spacial score (nSPS) is 12.9. The maximum atomic E-state index is 2.41. The van der Waals surface area contributed by atoms with Crippen LogP contribution in [0.3, 0.4) is 0 Å². The predicted molar refractivity (Wildman–Crippen MR) is 317 cm³/mol. The fourth-order valence-electron chi connectivity index (χ4n) is 13.4. The van der Waals surface area contributed by atoms with Gasteiger partial charge in [0.15, 0.2) is 0 Å². The largest absolute Gasteiger partial charge is 0.310 e. The van der Waals surface area contributed by atoms with Gasteiger partial charge in [-0.25, -0.2) is 0 Å². The highest BCUT2D eigenvalue weighted by Crippen LogP contribution is 2.65. The Labute approximate surface area is 435 Å². The molecule has 1 spiro atoms. The van der Waals surface area contributed by atoms with Crippen molar-refractivity contribution in [3.63, 3.8) is 0 Å². The van der Waals surface area contributed by atoms with E-state index in [9.17, 15) is 0 Å². The molecule has 0 amide bonds. The summed E-state index contributed by atoms with van der Waals surface area (Å²) in [6.45, 7) is 0. The molecule has 0 aliphatic heterocycles. The summed E-state index contributed by atoms with van der Waals surface area (Å²) in [5, 5.41) is 15.0. The molecule has 14 aromatic rings. The Bertz CT molecular complexity index is 4370. The van der Waals surface area contributed by atoms with Gasteiger partial charge >= 0.3 is 0 Å². The highest BCUT2D eigenvalue weighted by atomic mass is 15.1. The zero-order valence-corrected chi connectivity index (χ0v) is 41.0. The molecule has 348 valence electrons. The van der Waals surface area contributed by atoms with Crippen molar-refractivity contribution in [2.24, 2.45) is 0 Å². The van der Waals surface area contributed by atoms with Crippen LogP contribution in [0.2, 0.25) is 0 Å². The second-order valence-corrected chi connectivity index (χ2v) is 20.4. The number of para-hydroxylation sites is 2. The number of benzene rings is 14. The van der Waals surface area contributed by atoms with E-state index >= 15 is 0 Å². The molecule has 0 saturated carbocycles. The molecule has 14 aromatic carbocycles. The minimum Gasteiger partial charge on any atom is -0.310 e. The number of hydrogen-bond donors (Lipinski definition) is 0. The quantitative estimate of drug-likeness (QED) is 0.153. The van der Waals surface area contributed by atoms with Crippen molar-refractivity contribution in [1.29, 1.82) is 0 Å². The molecule has 0 unspecified atom stereocenters. The fourth-order valence-corrected chi connectivity index (χ4v) is 13.4. The number of nitrogens with zero attached hydrogens (tertiary/aromatic N) is 2. The topological polar surface area (TPSA) is 6.48 Å². The van der Waals surface area contributed by atoms with Gasteiger partial charge in [-0.05, 0) is 182 Å². The molecule has 0 fully saturated rings. The third kappa shape index (κ3) is 6.08. The Balaban J connectivity index is 0.896. The molecular formula is C73H46N2. The van der Waals surface area contributed by atoms with E-state index in [0.29, 0.717) is 0 Å². The SMILES string of the molecule is c1ccc(N(c2ccc3c4c(ccc3c2)-c2ccc3cc(N(c5ccccc5)c5ccc6c(ccc7ccccc76)c5)ccc3c2C42c3ccccc3-c3ccccc32)c2ccc3c(ccc4ccccc43)c2)cc1. The molecular weight excluding hydrogens is 905 g/mol. The number of rotatable bonds is 6. The molecule has 0 aromatic heterocycles. The number of fused-ring (bicyclic) bond motifs is 20. The van der Waals surface area contributed by atoms with Crippen LogP contribution in [0, 0.1) is 0 Å². The van der Waals surface area contributed by atoms with Crippen molar-refractivity contribution >= 4 is 98.8 Å². The molecule has 0 radical (unpaired) electrons. The first-order valence-corrected chi connectivity index (χ1v) is 26.1. The van der Waals surface area contributed by atoms with E-state index in [-0.39, 0.29) is 0 Å². The second-order valence-electron chi connectivity index (χ2n) is 20.4. The molecule has 2 heteroatoms. The standard InChI is InChI=1S/C73H46N2/c1-3-17-53(18-4-1)74(55-33-39-61-49(43-55)29-27-47-15-7-9-21-59(47)61)57-35-41-63-51(45-57)31-37-67-68-38-32-52-46-58(36-42-64(52)72(68)73(71(63)67)69-25-13-11-23-65(69)66-24-12-14-26-70(66)73)75(54-19-5-2-6-20-54)56-34-40-62-50(44-56)30-28-48-16-8-10-22-60(48)62/h1-46H.